The molecule has 2 amide bonds. The van der Waals surface area contributed by atoms with Gasteiger partial charge in [0, 0.05) is 21.9 Å². The van der Waals surface area contributed by atoms with Gasteiger partial charge in [0.1, 0.15) is 17.3 Å². The van der Waals surface area contributed by atoms with Crippen molar-refractivity contribution in [2.24, 2.45) is 0 Å². The van der Waals surface area contributed by atoms with E-state index in [9.17, 15) is 9.59 Å². The van der Waals surface area contributed by atoms with Gasteiger partial charge in [0.25, 0.3) is 11.8 Å². The lowest BCUT2D eigenvalue weighted by Gasteiger charge is -2.09. The van der Waals surface area contributed by atoms with Crippen molar-refractivity contribution in [2.75, 3.05) is 24.4 Å². The predicted molar refractivity (Wildman–Crippen MR) is 113 cm³/mol. The number of rotatable bonds is 7. The number of benzene rings is 2. The van der Waals surface area contributed by atoms with Crippen LogP contribution in [0.1, 0.15) is 10.4 Å². The first-order valence-electron chi connectivity index (χ1n) is 8.63. The molecular formula is C21H18BrN3O4. The number of halogens is 1. The third-order valence-corrected chi connectivity index (χ3v) is 4.28. The molecule has 1 heterocycles. The molecule has 0 aliphatic rings. The van der Waals surface area contributed by atoms with E-state index in [1.807, 2.05) is 0 Å². The largest absolute Gasteiger partial charge is 0.497 e. The molecule has 0 atom stereocenters. The second kappa shape index (κ2) is 9.70. The Balaban J connectivity index is 1.56. The molecular weight excluding hydrogens is 438 g/mol. The van der Waals surface area contributed by atoms with Gasteiger partial charge in [-0.05, 0) is 70.5 Å². The summed E-state index contributed by atoms with van der Waals surface area (Å²) in [6.45, 7) is -0.161. The van der Waals surface area contributed by atoms with Crippen molar-refractivity contribution < 1.29 is 19.1 Å². The minimum Gasteiger partial charge on any atom is -0.497 e. The molecule has 3 rings (SSSR count). The number of methoxy groups -OCH3 is 1. The quantitative estimate of drug-likeness (QED) is 0.559. The fourth-order valence-electron chi connectivity index (χ4n) is 2.39. The number of anilines is 2. The zero-order valence-electron chi connectivity index (χ0n) is 15.5. The van der Waals surface area contributed by atoms with Crippen LogP contribution in [0.2, 0.25) is 0 Å². The molecule has 0 radical (unpaired) electrons. The van der Waals surface area contributed by atoms with Crippen LogP contribution in [0.25, 0.3) is 0 Å². The fourth-order valence-corrected chi connectivity index (χ4v) is 2.63. The van der Waals surface area contributed by atoms with Gasteiger partial charge in [0.05, 0.1) is 7.11 Å². The van der Waals surface area contributed by atoms with Crippen LogP contribution in [-0.2, 0) is 4.79 Å². The Kier molecular flexibility index (Phi) is 6.80. The topological polar surface area (TPSA) is 89.5 Å². The monoisotopic (exact) mass is 455 g/mol. The normalized spacial score (nSPS) is 10.1. The zero-order valence-corrected chi connectivity index (χ0v) is 17.1. The van der Waals surface area contributed by atoms with Gasteiger partial charge in [-0.1, -0.05) is 6.07 Å². The van der Waals surface area contributed by atoms with Crippen molar-refractivity contribution in [3.05, 3.63) is 76.9 Å². The molecule has 2 aromatic carbocycles. The summed E-state index contributed by atoms with van der Waals surface area (Å²) in [7, 11) is 1.58. The highest BCUT2D eigenvalue weighted by molar-refractivity contribution is 9.10. The Bertz CT molecular complexity index is 992. The van der Waals surface area contributed by atoms with E-state index >= 15 is 0 Å². The number of aromatic nitrogens is 1. The van der Waals surface area contributed by atoms with Gasteiger partial charge in [0.2, 0.25) is 0 Å². The third kappa shape index (κ3) is 6.05. The Morgan fingerprint density at radius 2 is 1.76 bits per heavy atom. The number of carbonyl (C=O) groups is 2. The van der Waals surface area contributed by atoms with Crippen LogP contribution in [0.3, 0.4) is 0 Å². The molecule has 0 saturated heterocycles. The zero-order chi connectivity index (χ0) is 20.6. The summed E-state index contributed by atoms with van der Waals surface area (Å²) >= 11 is 3.29. The Labute approximate surface area is 176 Å². The molecule has 1 aromatic heterocycles. The number of hydrogen-bond acceptors (Lipinski definition) is 5. The van der Waals surface area contributed by atoms with Crippen molar-refractivity contribution in [1.29, 1.82) is 0 Å². The van der Waals surface area contributed by atoms with Crippen molar-refractivity contribution in [3.63, 3.8) is 0 Å². The van der Waals surface area contributed by atoms with Crippen molar-refractivity contribution in [1.82, 2.24) is 4.98 Å². The van der Waals surface area contributed by atoms with E-state index < -0.39 is 0 Å². The summed E-state index contributed by atoms with van der Waals surface area (Å²) < 4.78 is 11.3. The van der Waals surface area contributed by atoms with Gasteiger partial charge in [0.15, 0.2) is 6.61 Å². The highest BCUT2D eigenvalue weighted by atomic mass is 79.9. The molecule has 148 valence electrons. The lowest BCUT2D eigenvalue weighted by molar-refractivity contribution is -0.118. The lowest BCUT2D eigenvalue weighted by atomic mass is 10.2. The Hall–Kier alpha value is -3.39. The highest BCUT2D eigenvalue weighted by Crippen LogP contribution is 2.17. The first-order valence-corrected chi connectivity index (χ1v) is 9.42. The average Bonchev–Trinajstić information content (AvgIpc) is 2.74. The SMILES string of the molecule is COc1ccc(OCC(=O)Nc2cccc(C(=O)Nc3ccc(Br)cn3)c2)cc1. The maximum atomic E-state index is 12.4. The van der Waals surface area contributed by atoms with Gasteiger partial charge < -0.3 is 20.1 Å². The van der Waals surface area contributed by atoms with E-state index in [2.05, 4.69) is 31.5 Å². The van der Waals surface area contributed by atoms with Gasteiger partial charge in [-0.25, -0.2) is 4.98 Å². The molecule has 0 aliphatic carbocycles. The summed E-state index contributed by atoms with van der Waals surface area (Å²) in [6, 6.07) is 17.0. The second-order valence-corrected chi connectivity index (χ2v) is 6.82. The van der Waals surface area contributed by atoms with Crippen LogP contribution in [-0.4, -0.2) is 30.5 Å². The number of pyridine rings is 1. The van der Waals surface area contributed by atoms with Gasteiger partial charge >= 0.3 is 0 Å². The summed E-state index contributed by atoms with van der Waals surface area (Å²) in [5.74, 6) is 1.02. The van der Waals surface area contributed by atoms with Gasteiger partial charge in [-0.2, -0.15) is 0 Å². The maximum Gasteiger partial charge on any atom is 0.262 e. The van der Waals surface area contributed by atoms with E-state index in [-0.39, 0.29) is 18.4 Å². The predicted octanol–water partition coefficient (Wildman–Crippen LogP) is 4.12. The van der Waals surface area contributed by atoms with Crippen LogP contribution in [0.5, 0.6) is 11.5 Å². The van der Waals surface area contributed by atoms with Crippen molar-refractivity contribution >= 4 is 39.2 Å². The van der Waals surface area contributed by atoms with E-state index in [1.165, 1.54) is 0 Å². The molecule has 0 aliphatic heterocycles. The van der Waals surface area contributed by atoms with Crippen LogP contribution < -0.4 is 20.1 Å². The molecule has 0 spiro atoms. The minimum absolute atomic E-state index is 0.161. The number of nitrogens with one attached hydrogen (secondary N) is 2. The summed E-state index contributed by atoms with van der Waals surface area (Å²) in [5, 5.41) is 5.41. The smallest absolute Gasteiger partial charge is 0.262 e. The van der Waals surface area contributed by atoms with E-state index in [4.69, 9.17) is 9.47 Å². The number of amides is 2. The van der Waals surface area contributed by atoms with Crippen LogP contribution in [0, 0.1) is 0 Å². The number of ether oxygens (including phenoxy) is 2. The summed E-state index contributed by atoms with van der Waals surface area (Å²) in [5.41, 5.74) is 0.883. The highest BCUT2D eigenvalue weighted by Gasteiger charge is 2.10. The van der Waals surface area contributed by atoms with E-state index in [0.717, 1.165) is 4.47 Å². The summed E-state index contributed by atoms with van der Waals surface area (Å²) in [6.07, 6.45) is 1.59. The molecule has 29 heavy (non-hydrogen) atoms. The molecule has 8 heteroatoms. The molecule has 2 N–H and O–H groups in total. The first-order chi connectivity index (χ1) is 14.0. The number of hydrogen-bond donors (Lipinski definition) is 2. The molecule has 0 saturated carbocycles. The molecule has 7 nitrogen and oxygen atoms in total. The Morgan fingerprint density at radius 3 is 2.45 bits per heavy atom. The van der Waals surface area contributed by atoms with Gasteiger partial charge in [-0.15, -0.1) is 0 Å². The molecule has 0 bridgehead atoms. The van der Waals surface area contributed by atoms with Crippen LogP contribution in [0.4, 0.5) is 11.5 Å². The van der Waals surface area contributed by atoms with E-state index in [0.29, 0.717) is 28.6 Å². The van der Waals surface area contributed by atoms with Crippen LogP contribution in [0.15, 0.2) is 71.3 Å². The molecule has 0 unspecified atom stereocenters. The van der Waals surface area contributed by atoms with Crippen LogP contribution >= 0.6 is 15.9 Å². The fraction of sp³-hybridized carbons (Fsp3) is 0.0952. The van der Waals surface area contributed by atoms with E-state index in [1.54, 1.807) is 74.0 Å². The standard InChI is InChI=1S/C21H18BrN3O4/c1-28-17-6-8-18(9-7-17)29-13-20(26)24-16-4-2-3-14(11-16)21(27)25-19-10-5-15(22)12-23-19/h2-12H,13H2,1H3,(H,24,26)(H,23,25,27). The second-order valence-electron chi connectivity index (χ2n) is 5.91. The van der Waals surface area contributed by atoms with Crippen molar-refractivity contribution in [3.8, 4) is 11.5 Å². The number of carbonyl (C=O) groups excluding carboxylic acids is 2. The summed E-state index contributed by atoms with van der Waals surface area (Å²) in [4.78, 5) is 28.6. The Morgan fingerprint density at radius 1 is 1.00 bits per heavy atom. The maximum absolute atomic E-state index is 12.4. The van der Waals surface area contributed by atoms with Gasteiger partial charge in [-0.3, -0.25) is 9.59 Å². The average molecular weight is 456 g/mol. The lowest BCUT2D eigenvalue weighted by Crippen LogP contribution is -2.20. The third-order valence-electron chi connectivity index (χ3n) is 3.81. The molecule has 0 fully saturated rings. The number of nitrogens with zero attached hydrogens (tertiary/aromatic N) is 1. The molecule has 3 aromatic rings. The minimum atomic E-state index is -0.340. The first kappa shape index (κ1) is 20.3. The van der Waals surface area contributed by atoms with Crippen molar-refractivity contribution in [2.45, 2.75) is 0 Å².